The van der Waals surface area contributed by atoms with Crippen molar-refractivity contribution in [2.45, 2.75) is 26.0 Å². The Bertz CT molecular complexity index is 542. The zero-order valence-electron chi connectivity index (χ0n) is 14.1. The Morgan fingerprint density at radius 1 is 1.30 bits per heavy atom. The van der Waals surface area contributed by atoms with Crippen molar-refractivity contribution in [2.24, 2.45) is 0 Å². The normalized spacial score (nSPS) is 11.9. The van der Waals surface area contributed by atoms with Crippen LogP contribution in [0.15, 0.2) is 24.8 Å². The van der Waals surface area contributed by atoms with Gasteiger partial charge in [0.05, 0.1) is 19.8 Å². The van der Waals surface area contributed by atoms with Crippen molar-refractivity contribution in [3.8, 4) is 11.5 Å². The number of carbonyl (C=O) groups is 1. The molecule has 0 aliphatic heterocycles. The fraction of sp³-hybridized carbons (Fsp3) is 0.471. The predicted molar refractivity (Wildman–Crippen MR) is 88.7 cm³/mol. The third-order valence-electron chi connectivity index (χ3n) is 3.14. The molecule has 0 amide bonds. The number of carbonyl (C=O) groups excluding carboxylic acids is 1. The number of aliphatic hydroxyl groups excluding tert-OH is 1. The number of methoxy groups -OCH3 is 2. The molecule has 1 unspecified atom stereocenters. The molecular weight excluding hydrogens is 298 g/mol. The lowest BCUT2D eigenvalue weighted by Gasteiger charge is -2.17. The van der Waals surface area contributed by atoms with E-state index in [0.29, 0.717) is 29.6 Å². The van der Waals surface area contributed by atoms with E-state index in [1.165, 1.54) is 14.2 Å². The highest BCUT2D eigenvalue weighted by Gasteiger charge is 2.14. The summed E-state index contributed by atoms with van der Waals surface area (Å²) in [5, 5.41) is 13.0. The summed E-state index contributed by atoms with van der Waals surface area (Å²) in [6.45, 7) is 8.28. The average molecular weight is 323 g/mol. The Morgan fingerprint density at radius 3 is 2.57 bits per heavy atom. The highest BCUT2D eigenvalue weighted by atomic mass is 16.5. The van der Waals surface area contributed by atoms with Gasteiger partial charge in [0.15, 0.2) is 11.5 Å². The first kappa shape index (κ1) is 19.0. The van der Waals surface area contributed by atoms with Crippen LogP contribution in [-0.2, 0) is 9.53 Å². The number of aliphatic hydroxyl groups is 1. The Balaban J connectivity index is 2.73. The minimum Gasteiger partial charge on any atom is -0.493 e. The Labute approximate surface area is 137 Å². The summed E-state index contributed by atoms with van der Waals surface area (Å²) >= 11 is 0. The van der Waals surface area contributed by atoms with Crippen molar-refractivity contribution >= 4 is 11.5 Å². The van der Waals surface area contributed by atoms with Crippen LogP contribution >= 0.6 is 0 Å². The van der Waals surface area contributed by atoms with E-state index in [-0.39, 0.29) is 12.2 Å². The smallest absolute Gasteiger partial charge is 0.337 e. The topological polar surface area (TPSA) is 77.0 Å². The second kappa shape index (κ2) is 9.17. The molecule has 0 radical (unpaired) electrons. The van der Waals surface area contributed by atoms with E-state index in [1.807, 2.05) is 13.8 Å². The molecule has 1 aromatic carbocycles. The van der Waals surface area contributed by atoms with Gasteiger partial charge in [0.1, 0.15) is 12.7 Å². The summed E-state index contributed by atoms with van der Waals surface area (Å²) in [4.78, 5) is 11.5. The van der Waals surface area contributed by atoms with Crippen molar-refractivity contribution in [3.05, 3.63) is 30.3 Å². The second-order valence-electron chi connectivity index (χ2n) is 5.36. The van der Waals surface area contributed by atoms with Gasteiger partial charge in [0.2, 0.25) is 0 Å². The van der Waals surface area contributed by atoms with Crippen LogP contribution in [0.4, 0.5) is 0 Å². The van der Waals surface area contributed by atoms with Gasteiger partial charge in [-0.3, -0.25) is 0 Å². The molecule has 0 aliphatic rings. The molecule has 128 valence electrons. The molecule has 0 fully saturated rings. The molecule has 2 N–H and O–H groups in total. The third-order valence-corrected chi connectivity index (χ3v) is 3.14. The van der Waals surface area contributed by atoms with Crippen LogP contribution in [-0.4, -0.2) is 50.6 Å². The van der Waals surface area contributed by atoms with Crippen LogP contribution in [0.25, 0.3) is 5.57 Å². The molecule has 1 rings (SSSR count). The van der Waals surface area contributed by atoms with Crippen molar-refractivity contribution < 1.29 is 24.1 Å². The van der Waals surface area contributed by atoms with Gasteiger partial charge in [0.25, 0.3) is 0 Å². The first-order valence-corrected chi connectivity index (χ1v) is 7.38. The number of nitrogens with one attached hydrogen (secondary N) is 1. The van der Waals surface area contributed by atoms with Gasteiger partial charge in [-0.05, 0) is 17.7 Å². The molecule has 6 heteroatoms. The van der Waals surface area contributed by atoms with E-state index >= 15 is 0 Å². The quantitative estimate of drug-likeness (QED) is 0.531. The first-order valence-electron chi connectivity index (χ1n) is 7.38. The lowest BCUT2D eigenvalue weighted by Crippen LogP contribution is -2.35. The van der Waals surface area contributed by atoms with Crippen molar-refractivity contribution in [3.63, 3.8) is 0 Å². The SMILES string of the molecule is C=C(C(=O)OC)c1ccc(OCC(O)CNC(C)C)c(OC)c1. The summed E-state index contributed by atoms with van der Waals surface area (Å²) in [5.41, 5.74) is 0.821. The molecule has 0 saturated heterocycles. The van der Waals surface area contributed by atoms with Gasteiger partial charge in [-0.2, -0.15) is 0 Å². The van der Waals surface area contributed by atoms with Crippen LogP contribution in [0.3, 0.4) is 0 Å². The second-order valence-corrected chi connectivity index (χ2v) is 5.36. The molecule has 0 heterocycles. The fourth-order valence-corrected chi connectivity index (χ4v) is 1.83. The Kier molecular flexibility index (Phi) is 7.57. The van der Waals surface area contributed by atoms with E-state index < -0.39 is 12.1 Å². The largest absolute Gasteiger partial charge is 0.493 e. The number of ether oxygens (including phenoxy) is 3. The monoisotopic (exact) mass is 323 g/mol. The average Bonchev–Trinajstić information content (AvgIpc) is 2.56. The zero-order valence-corrected chi connectivity index (χ0v) is 14.1. The summed E-state index contributed by atoms with van der Waals surface area (Å²) in [6, 6.07) is 5.30. The first-order chi connectivity index (χ1) is 10.9. The molecule has 6 nitrogen and oxygen atoms in total. The Morgan fingerprint density at radius 2 is 2.00 bits per heavy atom. The molecule has 1 aromatic rings. The van der Waals surface area contributed by atoms with E-state index in [4.69, 9.17) is 9.47 Å². The van der Waals surface area contributed by atoms with Crippen molar-refractivity contribution in [2.75, 3.05) is 27.4 Å². The minimum atomic E-state index is -0.633. The highest BCUT2D eigenvalue weighted by Crippen LogP contribution is 2.30. The van der Waals surface area contributed by atoms with Gasteiger partial charge in [-0.25, -0.2) is 4.79 Å². The Hall–Kier alpha value is -2.05. The molecule has 0 spiro atoms. The third kappa shape index (κ3) is 5.92. The summed E-state index contributed by atoms with van der Waals surface area (Å²) in [7, 11) is 2.80. The van der Waals surface area contributed by atoms with E-state index in [2.05, 4.69) is 16.6 Å². The maximum absolute atomic E-state index is 11.5. The van der Waals surface area contributed by atoms with Crippen molar-refractivity contribution in [1.82, 2.24) is 5.32 Å². The van der Waals surface area contributed by atoms with Gasteiger partial charge in [-0.15, -0.1) is 0 Å². The molecule has 0 bridgehead atoms. The van der Waals surface area contributed by atoms with E-state index in [9.17, 15) is 9.90 Å². The van der Waals surface area contributed by atoms with Gasteiger partial charge in [0, 0.05) is 12.6 Å². The lowest BCUT2D eigenvalue weighted by molar-refractivity contribution is -0.133. The molecule has 0 aromatic heterocycles. The fourth-order valence-electron chi connectivity index (χ4n) is 1.83. The molecule has 23 heavy (non-hydrogen) atoms. The standard InChI is InChI=1S/C17H25NO5/c1-11(2)18-9-14(19)10-23-15-7-6-13(8-16(15)21-4)12(3)17(20)22-5/h6-8,11,14,18-19H,3,9-10H2,1-2,4-5H3. The minimum absolute atomic E-state index is 0.132. The van der Waals surface area contributed by atoms with Crippen LogP contribution < -0.4 is 14.8 Å². The van der Waals surface area contributed by atoms with Gasteiger partial charge < -0.3 is 24.6 Å². The molecule has 0 aliphatic carbocycles. The molecule has 0 saturated carbocycles. The number of benzene rings is 1. The number of rotatable bonds is 9. The van der Waals surface area contributed by atoms with Gasteiger partial charge >= 0.3 is 5.97 Å². The van der Waals surface area contributed by atoms with Crippen LogP contribution in [0.1, 0.15) is 19.4 Å². The van der Waals surface area contributed by atoms with Crippen LogP contribution in [0.2, 0.25) is 0 Å². The van der Waals surface area contributed by atoms with E-state index in [1.54, 1.807) is 18.2 Å². The lowest BCUT2D eigenvalue weighted by atomic mass is 10.1. The molecular formula is C17H25NO5. The van der Waals surface area contributed by atoms with E-state index in [0.717, 1.165) is 0 Å². The van der Waals surface area contributed by atoms with Crippen molar-refractivity contribution in [1.29, 1.82) is 0 Å². The predicted octanol–water partition coefficient (Wildman–Crippen LogP) is 1.62. The summed E-state index contributed by atoms with van der Waals surface area (Å²) < 4.78 is 15.5. The number of hydrogen-bond acceptors (Lipinski definition) is 6. The van der Waals surface area contributed by atoms with Gasteiger partial charge in [-0.1, -0.05) is 26.5 Å². The van der Waals surface area contributed by atoms with Crippen LogP contribution in [0.5, 0.6) is 11.5 Å². The number of esters is 1. The maximum Gasteiger partial charge on any atom is 0.337 e. The summed E-state index contributed by atoms with van der Waals surface area (Å²) in [5.74, 6) is 0.435. The summed E-state index contributed by atoms with van der Waals surface area (Å²) in [6.07, 6.45) is -0.633. The highest BCUT2D eigenvalue weighted by molar-refractivity contribution is 6.15. The molecule has 1 atom stereocenters. The number of hydrogen-bond donors (Lipinski definition) is 2. The maximum atomic E-state index is 11.5. The zero-order chi connectivity index (χ0) is 17.4. The van der Waals surface area contributed by atoms with Crippen LogP contribution in [0, 0.1) is 0 Å².